The summed E-state index contributed by atoms with van der Waals surface area (Å²) >= 11 is 0. The molecule has 9 heteroatoms. The average Bonchev–Trinajstić information content (AvgIpc) is 3.45. The normalized spacial score (nSPS) is 22.2. The molecule has 2 fully saturated rings. The van der Waals surface area contributed by atoms with Crippen molar-refractivity contribution in [1.82, 2.24) is 19.9 Å². The Morgan fingerprint density at radius 1 is 1.03 bits per heavy atom. The predicted octanol–water partition coefficient (Wildman–Crippen LogP) is 4.10. The molecule has 1 saturated carbocycles. The Bertz CT molecular complexity index is 1220. The number of aliphatic hydroxyl groups excluding tert-OH is 1. The monoisotopic (exact) mass is 518 g/mol. The van der Waals surface area contributed by atoms with Crippen molar-refractivity contribution in [2.45, 2.75) is 63.3 Å². The second kappa shape index (κ2) is 11.8. The average molecular weight is 519 g/mol. The number of carbonyl (C=O) groups excluding carboxylic acids is 2. The highest BCUT2D eigenvalue weighted by molar-refractivity contribution is 5.89. The second-order valence-electron chi connectivity index (χ2n) is 10.1. The van der Waals surface area contributed by atoms with E-state index in [4.69, 9.17) is 9.47 Å². The van der Waals surface area contributed by atoms with E-state index in [0.29, 0.717) is 24.2 Å². The Kier molecular flexibility index (Phi) is 8.03. The Morgan fingerprint density at radius 2 is 1.76 bits per heavy atom. The van der Waals surface area contributed by atoms with E-state index in [1.54, 1.807) is 42.3 Å². The van der Waals surface area contributed by atoms with E-state index < -0.39 is 18.1 Å². The molecule has 5 rings (SSSR count). The van der Waals surface area contributed by atoms with Crippen LogP contribution >= 0.6 is 0 Å². The minimum atomic E-state index is -0.737. The largest absolute Gasteiger partial charge is 0.497 e. The smallest absolute Gasteiger partial charge is 0.338 e. The third-order valence-corrected chi connectivity index (χ3v) is 7.67. The van der Waals surface area contributed by atoms with Crippen LogP contribution in [0.4, 0.5) is 0 Å². The molecule has 0 radical (unpaired) electrons. The lowest BCUT2D eigenvalue weighted by atomic mass is 9.85. The van der Waals surface area contributed by atoms with Crippen LogP contribution in [-0.2, 0) is 16.1 Å². The van der Waals surface area contributed by atoms with Gasteiger partial charge in [-0.1, -0.05) is 54.8 Å². The summed E-state index contributed by atoms with van der Waals surface area (Å²) in [6.07, 6.45) is 6.44. The number of esters is 1. The van der Waals surface area contributed by atoms with Crippen molar-refractivity contribution in [3.63, 3.8) is 0 Å². The second-order valence-corrected chi connectivity index (χ2v) is 10.1. The summed E-state index contributed by atoms with van der Waals surface area (Å²) in [5.74, 6) is 0.448. The predicted molar refractivity (Wildman–Crippen MR) is 139 cm³/mol. The van der Waals surface area contributed by atoms with E-state index in [2.05, 4.69) is 10.3 Å². The first-order valence-corrected chi connectivity index (χ1v) is 13.3. The maximum atomic E-state index is 13.8. The van der Waals surface area contributed by atoms with Gasteiger partial charge in [0.2, 0.25) is 5.91 Å². The van der Waals surface area contributed by atoms with E-state index in [0.717, 1.165) is 37.0 Å². The summed E-state index contributed by atoms with van der Waals surface area (Å²) in [7, 11) is 1.62. The summed E-state index contributed by atoms with van der Waals surface area (Å²) in [5.41, 5.74) is 1.91. The molecule has 2 aromatic carbocycles. The number of amides is 1. The van der Waals surface area contributed by atoms with Gasteiger partial charge in [-0.3, -0.25) is 4.79 Å². The Balaban J connectivity index is 1.33. The van der Waals surface area contributed by atoms with Crippen molar-refractivity contribution in [2.24, 2.45) is 5.92 Å². The minimum absolute atomic E-state index is 0.00379. The molecule has 1 amide bonds. The van der Waals surface area contributed by atoms with Crippen LogP contribution < -0.4 is 4.74 Å². The van der Waals surface area contributed by atoms with E-state index >= 15 is 0 Å². The summed E-state index contributed by atoms with van der Waals surface area (Å²) < 4.78 is 12.3. The fraction of sp³-hybridized carbons (Fsp3) is 0.448. The Hall–Kier alpha value is -3.72. The molecule has 3 atom stereocenters. The fourth-order valence-electron chi connectivity index (χ4n) is 5.53. The van der Waals surface area contributed by atoms with Gasteiger partial charge in [-0.15, -0.1) is 5.10 Å². The lowest BCUT2D eigenvalue weighted by molar-refractivity contribution is -0.144. The molecule has 2 heterocycles. The summed E-state index contributed by atoms with van der Waals surface area (Å²) in [5, 5.41) is 19.6. The van der Waals surface area contributed by atoms with E-state index in [9.17, 15) is 14.7 Å². The van der Waals surface area contributed by atoms with Crippen LogP contribution in [0.3, 0.4) is 0 Å². The molecule has 0 bridgehead atoms. The SMILES string of the molecule is COc1ccc([C@H]2C[C@H](O)[C@@H](n3cc(COC(=O)c4ccccc4)nn3)CN2C(=O)C2CCCCC2)cc1. The number of nitrogens with zero attached hydrogens (tertiary/aromatic N) is 4. The molecular formula is C29H34N4O5. The first kappa shape index (κ1) is 25.9. The third kappa shape index (κ3) is 5.72. The quantitative estimate of drug-likeness (QED) is 0.469. The number of methoxy groups -OCH3 is 1. The van der Waals surface area contributed by atoms with Crippen LogP contribution in [0.25, 0.3) is 0 Å². The van der Waals surface area contributed by atoms with E-state index in [1.807, 2.05) is 35.2 Å². The number of carbonyl (C=O) groups is 2. The third-order valence-electron chi connectivity index (χ3n) is 7.67. The molecule has 1 N–H and O–H groups in total. The zero-order valence-electron chi connectivity index (χ0n) is 21.6. The van der Waals surface area contributed by atoms with Gasteiger partial charge in [0.1, 0.15) is 18.1 Å². The first-order valence-electron chi connectivity index (χ1n) is 13.3. The maximum absolute atomic E-state index is 13.8. The van der Waals surface area contributed by atoms with Crippen molar-refractivity contribution in [3.8, 4) is 5.75 Å². The Labute approximate surface area is 222 Å². The highest BCUT2D eigenvalue weighted by Gasteiger charge is 2.41. The minimum Gasteiger partial charge on any atom is -0.497 e. The molecule has 2 aliphatic rings. The number of hydrogen-bond acceptors (Lipinski definition) is 7. The van der Waals surface area contributed by atoms with Crippen molar-refractivity contribution in [2.75, 3.05) is 13.7 Å². The molecule has 200 valence electrons. The van der Waals surface area contributed by atoms with Gasteiger partial charge in [0, 0.05) is 18.9 Å². The highest BCUT2D eigenvalue weighted by atomic mass is 16.5. The Morgan fingerprint density at radius 3 is 2.47 bits per heavy atom. The first-order chi connectivity index (χ1) is 18.5. The lowest BCUT2D eigenvalue weighted by Crippen LogP contribution is -2.50. The molecule has 38 heavy (non-hydrogen) atoms. The van der Waals surface area contributed by atoms with Gasteiger partial charge in [0.05, 0.1) is 37.1 Å². The molecule has 0 unspecified atom stereocenters. The van der Waals surface area contributed by atoms with Crippen molar-refractivity contribution < 1.29 is 24.2 Å². The van der Waals surface area contributed by atoms with E-state index in [-0.39, 0.29) is 24.5 Å². The van der Waals surface area contributed by atoms with E-state index in [1.165, 1.54) is 6.42 Å². The molecular weight excluding hydrogens is 484 g/mol. The van der Waals surface area contributed by atoms with Gasteiger partial charge < -0.3 is 19.5 Å². The maximum Gasteiger partial charge on any atom is 0.338 e. The van der Waals surface area contributed by atoms with Gasteiger partial charge in [-0.25, -0.2) is 9.48 Å². The van der Waals surface area contributed by atoms with Gasteiger partial charge >= 0.3 is 5.97 Å². The number of ether oxygens (including phenoxy) is 2. The van der Waals surface area contributed by atoms with Gasteiger partial charge in [-0.05, 0) is 42.7 Å². The van der Waals surface area contributed by atoms with Crippen LogP contribution in [0.2, 0.25) is 0 Å². The lowest BCUT2D eigenvalue weighted by Gasteiger charge is -2.44. The fourth-order valence-corrected chi connectivity index (χ4v) is 5.53. The number of aromatic nitrogens is 3. The van der Waals surface area contributed by atoms with Crippen LogP contribution in [-0.4, -0.2) is 56.6 Å². The summed E-state index contributed by atoms with van der Waals surface area (Å²) in [6, 6.07) is 15.8. The van der Waals surface area contributed by atoms with Gasteiger partial charge in [0.15, 0.2) is 0 Å². The highest BCUT2D eigenvalue weighted by Crippen LogP contribution is 2.38. The number of likely N-dealkylation sites (tertiary alicyclic amines) is 1. The standard InChI is InChI=1S/C29H34N4O5/c1-37-24-14-12-20(13-15-24)25-16-27(34)26(18-32(25)28(35)21-8-4-2-5-9-21)33-17-23(30-31-33)19-38-29(36)22-10-6-3-7-11-22/h3,6-7,10-15,17,21,25-27,34H,2,4-5,8-9,16,18-19H2,1H3/t25-,26+,27+/m1/s1. The number of benzene rings is 2. The van der Waals surface area contributed by atoms with Crippen molar-refractivity contribution in [1.29, 1.82) is 0 Å². The van der Waals surface area contributed by atoms with Crippen LogP contribution in [0, 0.1) is 5.92 Å². The molecule has 1 saturated heterocycles. The van der Waals surface area contributed by atoms with Crippen molar-refractivity contribution in [3.05, 3.63) is 77.6 Å². The van der Waals surface area contributed by atoms with Crippen molar-refractivity contribution >= 4 is 11.9 Å². The zero-order chi connectivity index (χ0) is 26.5. The topological polar surface area (TPSA) is 107 Å². The summed E-state index contributed by atoms with van der Waals surface area (Å²) in [4.78, 5) is 28.0. The molecule has 9 nitrogen and oxygen atoms in total. The number of aliphatic hydroxyl groups is 1. The number of piperidine rings is 1. The van der Waals surface area contributed by atoms with Crippen LogP contribution in [0.1, 0.15) is 72.2 Å². The van der Waals surface area contributed by atoms with Gasteiger partial charge in [-0.2, -0.15) is 0 Å². The number of rotatable bonds is 7. The van der Waals surface area contributed by atoms with Gasteiger partial charge in [0.25, 0.3) is 0 Å². The molecule has 1 aromatic heterocycles. The molecule has 3 aromatic rings. The molecule has 1 aliphatic heterocycles. The zero-order valence-corrected chi connectivity index (χ0v) is 21.6. The van der Waals surface area contributed by atoms with Crippen LogP contribution in [0.15, 0.2) is 60.8 Å². The molecule has 1 aliphatic carbocycles. The molecule has 0 spiro atoms. The summed E-state index contributed by atoms with van der Waals surface area (Å²) in [6.45, 7) is 0.287. The van der Waals surface area contributed by atoms with Crippen LogP contribution in [0.5, 0.6) is 5.75 Å². The number of hydrogen-bond donors (Lipinski definition) is 1.